The molecule has 6 nitrogen and oxygen atoms in total. The Kier molecular flexibility index (Phi) is 5.77. The van der Waals surface area contributed by atoms with Crippen molar-refractivity contribution in [1.82, 2.24) is 15.3 Å². The van der Waals surface area contributed by atoms with E-state index in [9.17, 15) is 14.0 Å². The molecule has 2 amide bonds. The lowest BCUT2D eigenvalue weighted by atomic mass is 10.1. The Morgan fingerprint density at radius 1 is 1.10 bits per heavy atom. The number of amides is 2. The summed E-state index contributed by atoms with van der Waals surface area (Å²) in [6.07, 6.45) is 4.32. The van der Waals surface area contributed by atoms with Crippen molar-refractivity contribution >= 4 is 40.5 Å². The lowest BCUT2D eigenvalue weighted by Gasteiger charge is -2.22. The van der Waals surface area contributed by atoms with Crippen LogP contribution >= 0.6 is 11.8 Å². The topological polar surface area (TPSA) is 75.2 Å². The summed E-state index contributed by atoms with van der Waals surface area (Å²) in [4.78, 5) is 33.8. The number of thioether (sulfide) groups is 1. The number of hydrogen-bond acceptors (Lipinski definition) is 6. The van der Waals surface area contributed by atoms with Gasteiger partial charge in [0, 0.05) is 23.4 Å². The fourth-order valence-corrected chi connectivity index (χ4v) is 3.81. The molecule has 1 aliphatic heterocycles. The Balaban J connectivity index is 1.71. The van der Waals surface area contributed by atoms with Gasteiger partial charge in [-0.2, -0.15) is 0 Å². The average molecular weight is 438 g/mol. The minimum atomic E-state index is -0.584. The van der Waals surface area contributed by atoms with E-state index in [-0.39, 0.29) is 21.8 Å². The highest BCUT2D eigenvalue weighted by Crippen LogP contribution is 2.31. The van der Waals surface area contributed by atoms with Gasteiger partial charge in [0.05, 0.1) is 23.0 Å². The molecule has 3 aromatic rings. The second-order valence-corrected chi connectivity index (χ2v) is 7.56. The van der Waals surface area contributed by atoms with Gasteiger partial charge in [0.15, 0.2) is 5.82 Å². The molecule has 1 fully saturated rings. The smallest absolute Gasteiger partial charge is 0.290 e. The van der Waals surface area contributed by atoms with Crippen molar-refractivity contribution in [2.24, 2.45) is 0 Å². The molecule has 0 radical (unpaired) electrons. The van der Waals surface area contributed by atoms with Crippen molar-refractivity contribution in [3.05, 3.63) is 77.0 Å². The first-order valence-corrected chi connectivity index (χ1v) is 10.2. The molecule has 156 valence electrons. The zero-order chi connectivity index (χ0) is 22.0. The van der Waals surface area contributed by atoms with Gasteiger partial charge in [0.25, 0.3) is 11.1 Å². The number of hydrogen-bond donors (Lipinski definition) is 1. The van der Waals surface area contributed by atoms with Gasteiger partial charge in [-0.05, 0) is 55.1 Å². The maximum atomic E-state index is 15.2. The largest absolute Gasteiger partial charge is 0.325 e. The van der Waals surface area contributed by atoms with Crippen LogP contribution in [0.1, 0.15) is 12.5 Å². The summed E-state index contributed by atoms with van der Waals surface area (Å²) in [6.45, 7) is 2.45. The van der Waals surface area contributed by atoms with Crippen LogP contribution in [-0.4, -0.2) is 27.7 Å². The van der Waals surface area contributed by atoms with Crippen LogP contribution < -0.4 is 10.2 Å². The number of carbonyl (C=O) groups is 2. The third kappa shape index (κ3) is 4.31. The molecule has 4 rings (SSSR count). The van der Waals surface area contributed by atoms with Crippen LogP contribution in [0, 0.1) is 11.6 Å². The highest BCUT2D eigenvalue weighted by atomic mass is 32.2. The monoisotopic (exact) mass is 438 g/mol. The van der Waals surface area contributed by atoms with E-state index in [1.54, 1.807) is 30.5 Å². The Bertz CT molecular complexity index is 1200. The number of imide groups is 1. The highest BCUT2D eigenvalue weighted by Gasteiger charge is 2.25. The molecule has 0 spiro atoms. The summed E-state index contributed by atoms with van der Waals surface area (Å²) in [5, 5.41) is 1.65. The zero-order valence-electron chi connectivity index (χ0n) is 16.3. The fraction of sp³-hybridized carbons (Fsp3) is 0.0909. The van der Waals surface area contributed by atoms with Gasteiger partial charge in [-0.15, -0.1) is 0 Å². The molecule has 0 aliphatic carbocycles. The maximum absolute atomic E-state index is 15.2. The SMILES string of the molecule is CCN(c1ccc(F)cc1)c1cncc(-c2cccc(C=C3SC(=O)NC3=O)c2F)n1. The van der Waals surface area contributed by atoms with Crippen molar-refractivity contribution in [3.63, 3.8) is 0 Å². The van der Waals surface area contributed by atoms with Crippen LogP contribution in [0.2, 0.25) is 0 Å². The van der Waals surface area contributed by atoms with E-state index < -0.39 is 17.0 Å². The quantitative estimate of drug-likeness (QED) is 0.571. The van der Waals surface area contributed by atoms with Crippen LogP contribution in [0.5, 0.6) is 0 Å². The summed E-state index contributed by atoms with van der Waals surface area (Å²) >= 11 is 0.720. The second kappa shape index (κ2) is 8.65. The van der Waals surface area contributed by atoms with E-state index in [4.69, 9.17) is 0 Å². The van der Waals surface area contributed by atoms with Crippen LogP contribution in [-0.2, 0) is 4.79 Å². The Morgan fingerprint density at radius 2 is 1.87 bits per heavy atom. The summed E-state index contributed by atoms with van der Waals surface area (Å²) in [5.74, 6) is -1.01. The second-order valence-electron chi connectivity index (χ2n) is 6.54. The predicted molar refractivity (Wildman–Crippen MR) is 116 cm³/mol. The number of nitrogens with zero attached hydrogens (tertiary/aromatic N) is 3. The fourth-order valence-electron chi connectivity index (χ4n) is 3.13. The minimum Gasteiger partial charge on any atom is -0.325 e. The van der Waals surface area contributed by atoms with Crippen molar-refractivity contribution in [3.8, 4) is 11.3 Å². The number of rotatable bonds is 5. The number of halogens is 2. The van der Waals surface area contributed by atoms with Gasteiger partial charge in [0.1, 0.15) is 11.6 Å². The first kappa shape index (κ1) is 20.7. The van der Waals surface area contributed by atoms with Crippen LogP contribution in [0.25, 0.3) is 17.3 Å². The first-order chi connectivity index (χ1) is 15.0. The number of benzene rings is 2. The molecular weight excluding hydrogens is 422 g/mol. The van der Waals surface area contributed by atoms with Crippen LogP contribution in [0.3, 0.4) is 0 Å². The van der Waals surface area contributed by atoms with E-state index in [2.05, 4.69) is 15.3 Å². The number of aromatic nitrogens is 2. The number of carbonyl (C=O) groups excluding carboxylic acids is 2. The molecule has 9 heteroatoms. The van der Waals surface area contributed by atoms with Crippen molar-refractivity contribution < 1.29 is 18.4 Å². The molecular formula is C22H16F2N4O2S. The van der Waals surface area contributed by atoms with E-state index >= 15 is 4.39 Å². The van der Waals surface area contributed by atoms with Gasteiger partial charge in [0.2, 0.25) is 0 Å². The number of nitrogens with one attached hydrogen (secondary N) is 1. The predicted octanol–water partition coefficient (Wildman–Crippen LogP) is 4.90. The zero-order valence-corrected chi connectivity index (χ0v) is 17.1. The molecule has 2 heterocycles. The van der Waals surface area contributed by atoms with E-state index in [1.165, 1.54) is 30.5 Å². The Morgan fingerprint density at radius 3 is 2.55 bits per heavy atom. The molecule has 0 unspecified atom stereocenters. The standard InChI is InChI=1S/C22H16F2N4O2S/c1-2-28(15-8-6-14(23)7-9-15)19-12-25-11-17(26-19)16-5-3-4-13(20(16)24)10-18-21(29)27-22(30)31-18/h3-12H,2H2,1H3,(H,27,29,30). The maximum Gasteiger partial charge on any atom is 0.290 e. The van der Waals surface area contributed by atoms with Crippen LogP contribution in [0.15, 0.2) is 59.8 Å². The third-order valence-electron chi connectivity index (χ3n) is 4.59. The average Bonchev–Trinajstić information content (AvgIpc) is 3.08. The molecule has 1 aliphatic rings. The Hall–Kier alpha value is -3.59. The first-order valence-electron chi connectivity index (χ1n) is 9.35. The van der Waals surface area contributed by atoms with E-state index in [1.807, 2.05) is 11.8 Å². The molecule has 1 saturated heterocycles. The minimum absolute atomic E-state index is 0.120. The molecule has 1 N–H and O–H groups in total. The van der Waals surface area contributed by atoms with Gasteiger partial charge >= 0.3 is 0 Å². The summed E-state index contributed by atoms with van der Waals surface area (Å²) in [6, 6.07) is 10.7. The van der Waals surface area contributed by atoms with Crippen LogP contribution in [0.4, 0.5) is 25.1 Å². The molecule has 2 aromatic carbocycles. The highest BCUT2D eigenvalue weighted by molar-refractivity contribution is 8.18. The van der Waals surface area contributed by atoms with Crippen molar-refractivity contribution in [1.29, 1.82) is 0 Å². The van der Waals surface area contributed by atoms with Gasteiger partial charge < -0.3 is 4.90 Å². The lowest BCUT2D eigenvalue weighted by Crippen LogP contribution is -2.18. The lowest BCUT2D eigenvalue weighted by molar-refractivity contribution is -0.115. The van der Waals surface area contributed by atoms with E-state index in [0.29, 0.717) is 18.1 Å². The third-order valence-corrected chi connectivity index (χ3v) is 5.40. The van der Waals surface area contributed by atoms with E-state index in [0.717, 1.165) is 17.4 Å². The Labute approximate surface area is 181 Å². The summed E-state index contributed by atoms with van der Waals surface area (Å²) in [5.41, 5.74) is 1.38. The molecule has 31 heavy (non-hydrogen) atoms. The van der Waals surface area contributed by atoms with Gasteiger partial charge in [-0.1, -0.05) is 12.1 Å². The molecule has 0 atom stereocenters. The molecule has 0 saturated carbocycles. The number of anilines is 2. The van der Waals surface area contributed by atoms with Crippen molar-refractivity contribution in [2.45, 2.75) is 6.92 Å². The summed E-state index contributed by atoms with van der Waals surface area (Å²) < 4.78 is 28.5. The van der Waals surface area contributed by atoms with Gasteiger partial charge in [-0.25, -0.2) is 13.8 Å². The molecule has 1 aromatic heterocycles. The summed E-state index contributed by atoms with van der Waals surface area (Å²) in [7, 11) is 0. The van der Waals surface area contributed by atoms with Crippen molar-refractivity contribution in [2.75, 3.05) is 11.4 Å². The normalized spacial score (nSPS) is 14.7. The molecule has 0 bridgehead atoms. The van der Waals surface area contributed by atoms with Gasteiger partial charge in [-0.3, -0.25) is 19.9 Å².